The van der Waals surface area contributed by atoms with E-state index in [1.165, 1.54) is 4.90 Å². The van der Waals surface area contributed by atoms with Crippen LogP contribution < -0.4 is 9.47 Å². The van der Waals surface area contributed by atoms with Crippen LogP contribution in [0.1, 0.15) is 0 Å². The Morgan fingerprint density at radius 1 is 1.00 bits per heavy atom. The fourth-order valence-electron chi connectivity index (χ4n) is 1.10. The van der Waals surface area contributed by atoms with E-state index < -0.39 is 0 Å². The van der Waals surface area contributed by atoms with Crippen LogP contribution in [-0.2, 0) is 0 Å². The highest BCUT2D eigenvalue weighted by Gasteiger charge is 2.04. The zero-order valence-corrected chi connectivity index (χ0v) is 9.39. The lowest BCUT2D eigenvalue weighted by Gasteiger charge is -2.13. The summed E-state index contributed by atoms with van der Waals surface area (Å²) in [5, 5.41) is 0. The zero-order valence-electron chi connectivity index (χ0n) is 8.50. The molecule has 0 aliphatic carbocycles. The van der Waals surface area contributed by atoms with Gasteiger partial charge in [-0.15, -0.1) is 0 Å². The summed E-state index contributed by atoms with van der Waals surface area (Å²) in [5.74, 6) is 1.61. The average molecular weight is 200 g/mol. The van der Waals surface area contributed by atoms with Gasteiger partial charge in [0, 0.05) is 0 Å². The first kappa shape index (κ1) is 10.3. The van der Waals surface area contributed by atoms with Crippen LogP contribution in [-0.4, -0.2) is 26.7 Å². The summed E-state index contributed by atoms with van der Waals surface area (Å²) >= 11 is 0. The Balaban J connectivity index is 3.05. The van der Waals surface area contributed by atoms with Gasteiger partial charge in [0.05, 0.1) is 14.2 Å². The summed E-state index contributed by atoms with van der Waals surface area (Å²) in [6.07, 6.45) is 4.44. The molecule has 0 saturated heterocycles. The summed E-state index contributed by atoms with van der Waals surface area (Å²) in [6, 6.07) is 6.09. The van der Waals surface area contributed by atoms with Crippen LogP contribution in [0.25, 0.3) is 0 Å². The van der Waals surface area contributed by atoms with Crippen LogP contribution in [0.2, 0.25) is 0 Å². The molecule has 0 spiro atoms. The maximum Gasteiger partial charge on any atom is 0.161 e. The molecule has 74 valence electrons. The van der Waals surface area contributed by atoms with Gasteiger partial charge in [-0.05, 0) is 35.6 Å². The van der Waals surface area contributed by atoms with Crippen LogP contribution in [0, 0.1) is 0 Å². The molecule has 0 atom stereocenters. The van der Waals surface area contributed by atoms with Crippen LogP contribution in [0.3, 0.4) is 0 Å². The summed E-state index contributed by atoms with van der Waals surface area (Å²) in [7, 11) is 3.24. The molecule has 0 aromatic heterocycles. The minimum absolute atomic E-state index is 0.0704. The maximum atomic E-state index is 5.21. The first-order chi connectivity index (χ1) is 6.19. The second-order valence-corrected chi connectivity index (χ2v) is 5.24. The van der Waals surface area contributed by atoms with Gasteiger partial charge >= 0.3 is 0 Å². The van der Waals surface area contributed by atoms with Crippen LogP contribution in [0.5, 0.6) is 11.5 Å². The highest BCUT2D eigenvalue weighted by Crippen LogP contribution is 2.35. The quantitative estimate of drug-likeness (QED) is 0.755. The normalized spacial score (nSPS) is 10.9. The minimum Gasteiger partial charge on any atom is -0.493 e. The van der Waals surface area contributed by atoms with Crippen molar-refractivity contribution in [2.24, 2.45) is 0 Å². The van der Waals surface area contributed by atoms with Gasteiger partial charge in [-0.3, -0.25) is 0 Å². The number of ether oxygens (including phenoxy) is 2. The molecule has 0 unspecified atom stereocenters. The number of thiol groups is 1. The summed E-state index contributed by atoms with van der Waals surface area (Å²) < 4.78 is 10.4. The minimum atomic E-state index is -0.0704. The molecule has 3 heteroatoms. The van der Waals surface area contributed by atoms with Gasteiger partial charge in [0.1, 0.15) is 0 Å². The predicted octanol–water partition coefficient (Wildman–Crippen LogP) is 2.32. The van der Waals surface area contributed by atoms with Crippen molar-refractivity contribution in [2.75, 3.05) is 26.7 Å². The van der Waals surface area contributed by atoms with E-state index in [1.807, 2.05) is 12.1 Å². The first-order valence-corrected chi connectivity index (χ1v) is 6.32. The van der Waals surface area contributed by atoms with Crippen LogP contribution in [0.15, 0.2) is 23.1 Å². The van der Waals surface area contributed by atoms with E-state index in [0.29, 0.717) is 0 Å². The third-order valence-electron chi connectivity index (χ3n) is 1.88. The molecule has 0 aliphatic rings. The van der Waals surface area contributed by atoms with Gasteiger partial charge in [-0.25, -0.2) is 10.9 Å². The first-order valence-electron chi connectivity index (χ1n) is 4.08. The molecule has 1 aromatic rings. The van der Waals surface area contributed by atoms with Gasteiger partial charge in [0.15, 0.2) is 11.5 Å². The SMILES string of the molecule is COc1ccc([SH](C)C)cc1OC. The van der Waals surface area contributed by atoms with E-state index in [1.54, 1.807) is 14.2 Å². The van der Waals surface area contributed by atoms with Crippen molar-refractivity contribution in [3.63, 3.8) is 0 Å². The van der Waals surface area contributed by atoms with E-state index >= 15 is 0 Å². The highest BCUT2D eigenvalue weighted by atomic mass is 32.2. The van der Waals surface area contributed by atoms with Gasteiger partial charge in [0.25, 0.3) is 0 Å². The van der Waals surface area contributed by atoms with E-state index in [2.05, 4.69) is 18.6 Å². The molecule has 0 N–H and O–H groups in total. The lowest BCUT2D eigenvalue weighted by Crippen LogP contribution is -1.91. The van der Waals surface area contributed by atoms with Gasteiger partial charge in [-0.1, -0.05) is 0 Å². The van der Waals surface area contributed by atoms with Crippen LogP contribution >= 0.6 is 10.9 Å². The van der Waals surface area contributed by atoms with Crippen molar-refractivity contribution in [2.45, 2.75) is 4.90 Å². The number of hydrogen-bond acceptors (Lipinski definition) is 2. The third-order valence-corrected chi connectivity index (χ3v) is 3.19. The van der Waals surface area contributed by atoms with E-state index in [4.69, 9.17) is 9.47 Å². The molecular formula is C10H16O2S. The van der Waals surface area contributed by atoms with Gasteiger partial charge in [0.2, 0.25) is 0 Å². The number of methoxy groups -OCH3 is 2. The molecule has 1 rings (SSSR count). The average Bonchev–Trinajstić information content (AvgIpc) is 2.16. The van der Waals surface area contributed by atoms with E-state index in [0.717, 1.165) is 11.5 Å². The Hall–Kier alpha value is -0.830. The van der Waals surface area contributed by atoms with Crippen molar-refractivity contribution in [1.82, 2.24) is 0 Å². The van der Waals surface area contributed by atoms with Crippen molar-refractivity contribution < 1.29 is 9.47 Å². The van der Waals surface area contributed by atoms with Crippen molar-refractivity contribution in [3.05, 3.63) is 18.2 Å². The Kier molecular flexibility index (Phi) is 3.48. The number of benzene rings is 1. The van der Waals surface area contributed by atoms with E-state index in [-0.39, 0.29) is 10.9 Å². The molecule has 0 saturated carbocycles. The Bertz CT molecular complexity index is 284. The molecule has 0 bridgehead atoms. The lowest BCUT2D eigenvalue weighted by atomic mass is 10.3. The second kappa shape index (κ2) is 4.42. The Morgan fingerprint density at radius 2 is 1.62 bits per heavy atom. The molecule has 0 radical (unpaired) electrons. The standard InChI is InChI=1S/C10H16O2S/c1-11-9-6-5-8(13(3)4)7-10(9)12-2/h5-7,13H,1-4H3. The highest BCUT2D eigenvalue weighted by molar-refractivity contribution is 8.15. The molecule has 1 aromatic carbocycles. The zero-order chi connectivity index (χ0) is 9.84. The topological polar surface area (TPSA) is 18.5 Å². The molecule has 13 heavy (non-hydrogen) atoms. The maximum absolute atomic E-state index is 5.21. The third kappa shape index (κ3) is 2.31. The predicted molar refractivity (Wildman–Crippen MR) is 58.6 cm³/mol. The summed E-state index contributed by atoms with van der Waals surface area (Å²) in [6.45, 7) is 0. The van der Waals surface area contributed by atoms with E-state index in [9.17, 15) is 0 Å². The molecule has 2 nitrogen and oxygen atoms in total. The Labute approximate surface area is 82.2 Å². The number of rotatable bonds is 3. The Morgan fingerprint density at radius 3 is 2.08 bits per heavy atom. The molecule has 0 amide bonds. The van der Waals surface area contributed by atoms with Crippen molar-refractivity contribution >= 4 is 10.9 Å². The lowest BCUT2D eigenvalue weighted by molar-refractivity contribution is 0.354. The van der Waals surface area contributed by atoms with Crippen LogP contribution in [0.4, 0.5) is 0 Å². The molecular weight excluding hydrogens is 184 g/mol. The number of hydrogen-bond donors (Lipinski definition) is 1. The summed E-state index contributed by atoms with van der Waals surface area (Å²) in [4.78, 5) is 1.33. The smallest absolute Gasteiger partial charge is 0.161 e. The molecule has 0 aliphatic heterocycles. The largest absolute Gasteiger partial charge is 0.493 e. The fraction of sp³-hybridized carbons (Fsp3) is 0.400. The monoisotopic (exact) mass is 200 g/mol. The fourth-order valence-corrected chi connectivity index (χ4v) is 1.85. The molecule has 0 heterocycles. The van der Waals surface area contributed by atoms with Crippen molar-refractivity contribution in [1.29, 1.82) is 0 Å². The van der Waals surface area contributed by atoms with Crippen molar-refractivity contribution in [3.8, 4) is 11.5 Å². The summed E-state index contributed by atoms with van der Waals surface area (Å²) in [5.41, 5.74) is 0. The van der Waals surface area contributed by atoms with Gasteiger partial charge < -0.3 is 9.47 Å². The second-order valence-electron chi connectivity index (χ2n) is 2.93. The van der Waals surface area contributed by atoms with Gasteiger partial charge in [-0.2, -0.15) is 0 Å². The molecule has 0 fully saturated rings.